The van der Waals surface area contributed by atoms with Gasteiger partial charge in [-0.2, -0.15) is 0 Å². The highest BCUT2D eigenvalue weighted by molar-refractivity contribution is 5.97. The van der Waals surface area contributed by atoms with Gasteiger partial charge in [-0.1, -0.05) is 26.3 Å². The van der Waals surface area contributed by atoms with E-state index in [2.05, 4.69) is 13.8 Å². The summed E-state index contributed by atoms with van der Waals surface area (Å²) in [5, 5.41) is 39.3. The molecule has 1 aliphatic carbocycles. The molecule has 6 nitrogen and oxygen atoms in total. The van der Waals surface area contributed by atoms with E-state index in [4.69, 9.17) is 4.74 Å². The average Bonchev–Trinajstić information content (AvgIpc) is 2.54. The van der Waals surface area contributed by atoms with Crippen molar-refractivity contribution in [2.75, 3.05) is 6.61 Å². The molecule has 0 aromatic rings. The van der Waals surface area contributed by atoms with Gasteiger partial charge in [0, 0.05) is 12.0 Å². The highest BCUT2D eigenvalue weighted by Crippen LogP contribution is 2.36. The van der Waals surface area contributed by atoms with Crippen LogP contribution >= 0.6 is 0 Å². The molecular weight excluding hydrogens is 300 g/mol. The summed E-state index contributed by atoms with van der Waals surface area (Å²) in [5.74, 6) is 0.443. The summed E-state index contributed by atoms with van der Waals surface area (Å²) in [5.41, 5.74) is 0.362. The van der Waals surface area contributed by atoms with Crippen LogP contribution in [0, 0.1) is 11.8 Å². The number of aliphatic hydroxyl groups excluding tert-OH is 4. The van der Waals surface area contributed by atoms with E-state index in [-0.39, 0.29) is 11.7 Å². The zero-order valence-electron chi connectivity index (χ0n) is 13.8. The van der Waals surface area contributed by atoms with Gasteiger partial charge in [0.2, 0.25) is 0 Å². The Hall–Kier alpha value is -0.790. The first-order chi connectivity index (χ1) is 10.9. The summed E-state index contributed by atoms with van der Waals surface area (Å²) in [6.07, 6.45) is -1.09. The lowest BCUT2D eigenvalue weighted by atomic mass is 9.74. The fraction of sp³-hybridized carbons (Fsp3) is 0.824. The normalized spacial score (nSPS) is 41.7. The van der Waals surface area contributed by atoms with Crippen LogP contribution in [0.2, 0.25) is 0 Å². The van der Waals surface area contributed by atoms with Crippen LogP contribution in [0.5, 0.6) is 0 Å². The van der Waals surface area contributed by atoms with Crippen molar-refractivity contribution in [2.24, 2.45) is 11.8 Å². The Labute approximate surface area is 136 Å². The van der Waals surface area contributed by atoms with Gasteiger partial charge in [-0.25, -0.2) is 0 Å². The Morgan fingerprint density at radius 1 is 1.17 bits per heavy atom. The monoisotopic (exact) mass is 328 g/mol. The minimum Gasteiger partial charge on any atom is -0.394 e. The third kappa shape index (κ3) is 3.67. The molecule has 6 heteroatoms. The van der Waals surface area contributed by atoms with Crippen molar-refractivity contribution in [1.82, 2.24) is 0 Å². The molecule has 1 fully saturated rings. The Bertz CT molecular complexity index is 446. The number of hydrogen-bond donors (Lipinski definition) is 4. The minimum absolute atomic E-state index is 0.0857. The van der Waals surface area contributed by atoms with Crippen LogP contribution in [-0.4, -0.2) is 63.3 Å². The lowest BCUT2D eigenvalue weighted by molar-refractivity contribution is -0.220. The van der Waals surface area contributed by atoms with E-state index < -0.39 is 37.1 Å². The molecule has 0 spiro atoms. The zero-order chi connectivity index (χ0) is 17.1. The van der Waals surface area contributed by atoms with Crippen LogP contribution in [0.3, 0.4) is 0 Å². The van der Waals surface area contributed by atoms with E-state index in [1.807, 2.05) is 6.08 Å². The number of aliphatic hydroxyl groups is 4. The number of ether oxygens (including phenoxy) is 1. The smallest absolute Gasteiger partial charge is 0.161 e. The van der Waals surface area contributed by atoms with Crippen LogP contribution in [0.15, 0.2) is 11.6 Å². The molecule has 1 saturated heterocycles. The van der Waals surface area contributed by atoms with Crippen LogP contribution in [0.25, 0.3) is 0 Å². The van der Waals surface area contributed by atoms with Crippen LogP contribution in [0.1, 0.15) is 39.5 Å². The van der Waals surface area contributed by atoms with Crippen molar-refractivity contribution >= 4 is 5.78 Å². The molecule has 4 N–H and O–H groups in total. The minimum atomic E-state index is -1.45. The number of rotatable bonds is 5. The van der Waals surface area contributed by atoms with Gasteiger partial charge in [0.05, 0.1) is 6.61 Å². The first-order valence-electron chi connectivity index (χ1n) is 8.49. The molecule has 0 saturated carbocycles. The molecule has 0 aromatic carbocycles. The maximum atomic E-state index is 12.5. The van der Waals surface area contributed by atoms with Gasteiger partial charge in [-0.3, -0.25) is 4.79 Å². The fourth-order valence-electron chi connectivity index (χ4n) is 3.72. The van der Waals surface area contributed by atoms with E-state index in [9.17, 15) is 25.2 Å². The molecule has 2 aliphatic rings. The molecule has 0 aromatic heterocycles. The molecule has 0 radical (unpaired) electrons. The van der Waals surface area contributed by atoms with Gasteiger partial charge in [0.1, 0.15) is 30.5 Å². The molecule has 0 bridgehead atoms. The first kappa shape index (κ1) is 18.5. The summed E-state index contributed by atoms with van der Waals surface area (Å²) in [7, 11) is 0. The standard InChI is InChI=1S/C17H28O6/c1-3-5-10-7-12(19)11(6-9(10)4-2)17-16(22)15(21)14(20)13(8-18)23-17/h6,9-10,13-18,20-22H,3-5,7-8H2,1-2H3/t9-,10+,13?,14?,15?,16?,17?/m0/s1. The van der Waals surface area contributed by atoms with Gasteiger partial charge >= 0.3 is 0 Å². The Kier molecular flexibility index (Phi) is 6.33. The number of Topliss-reactive ketones (excluding diaryl/α,β-unsaturated/α-hetero) is 1. The van der Waals surface area contributed by atoms with Crippen molar-refractivity contribution in [3.63, 3.8) is 0 Å². The highest BCUT2D eigenvalue weighted by Gasteiger charge is 2.47. The third-order valence-corrected chi connectivity index (χ3v) is 5.10. The van der Waals surface area contributed by atoms with Gasteiger partial charge in [0.25, 0.3) is 0 Å². The molecule has 132 valence electrons. The Balaban J connectivity index is 2.26. The second-order valence-corrected chi connectivity index (χ2v) is 6.62. The third-order valence-electron chi connectivity index (χ3n) is 5.10. The Morgan fingerprint density at radius 3 is 2.43 bits per heavy atom. The van der Waals surface area contributed by atoms with E-state index in [1.165, 1.54) is 0 Å². The summed E-state index contributed by atoms with van der Waals surface area (Å²) >= 11 is 0. The predicted molar refractivity (Wildman–Crippen MR) is 83.7 cm³/mol. The maximum absolute atomic E-state index is 12.5. The summed E-state index contributed by atoms with van der Waals surface area (Å²) < 4.78 is 5.53. The van der Waals surface area contributed by atoms with Gasteiger partial charge < -0.3 is 25.2 Å². The molecule has 2 rings (SSSR count). The molecule has 23 heavy (non-hydrogen) atoms. The molecule has 0 amide bonds. The highest BCUT2D eigenvalue weighted by atomic mass is 16.5. The van der Waals surface area contributed by atoms with Crippen LogP contribution in [0.4, 0.5) is 0 Å². The quantitative estimate of drug-likeness (QED) is 0.573. The zero-order valence-corrected chi connectivity index (χ0v) is 13.8. The summed E-state index contributed by atoms with van der Waals surface area (Å²) in [6.45, 7) is 3.66. The molecular formula is C17H28O6. The van der Waals surface area contributed by atoms with Crippen molar-refractivity contribution in [3.05, 3.63) is 11.6 Å². The van der Waals surface area contributed by atoms with E-state index >= 15 is 0 Å². The topological polar surface area (TPSA) is 107 Å². The maximum Gasteiger partial charge on any atom is 0.161 e. The number of allylic oxidation sites excluding steroid dienone is 1. The Morgan fingerprint density at radius 2 is 1.87 bits per heavy atom. The van der Waals surface area contributed by atoms with Crippen molar-refractivity contribution < 1.29 is 30.0 Å². The number of ketones is 1. The second-order valence-electron chi connectivity index (χ2n) is 6.62. The number of carbonyl (C=O) groups excluding carboxylic acids is 1. The van der Waals surface area contributed by atoms with Crippen molar-refractivity contribution in [3.8, 4) is 0 Å². The fourth-order valence-corrected chi connectivity index (χ4v) is 3.72. The van der Waals surface area contributed by atoms with Gasteiger partial charge in [-0.05, 0) is 24.7 Å². The van der Waals surface area contributed by atoms with Gasteiger partial charge in [0.15, 0.2) is 5.78 Å². The van der Waals surface area contributed by atoms with Crippen molar-refractivity contribution in [2.45, 2.75) is 70.1 Å². The van der Waals surface area contributed by atoms with Gasteiger partial charge in [-0.15, -0.1) is 0 Å². The van der Waals surface area contributed by atoms with Crippen molar-refractivity contribution in [1.29, 1.82) is 0 Å². The number of carbonyl (C=O) groups is 1. The average molecular weight is 328 g/mol. The van der Waals surface area contributed by atoms with E-state index in [0.717, 1.165) is 19.3 Å². The molecule has 1 aliphatic heterocycles. The molecule has 5 unspecified atom stereocenters. The predicted octanol–water partition coefficient (Wildman–Crippen LogP) is 0.170. The molecule has 1 heterocycles. The first-order valence-corrected chi connectivity index (χ1v) is 8.49. The lowest BCUT2D eigenvalue weighted by Crippen LogP contribution is -2.59. The SMILES string of the molecule is CCC[C@@H]1CC(=O)C(C2OC(CO)C(O)C(O)C2O)=C[C@@H]1CC. The largest absolute Gasteiger partial charge is 0.394 e. The summed E-state index contributed by atoms with van der Waals surface area (Å²) in [4.78, 5) is 12.5. The van der Waals surface area contributed by atoms with E-state index in [0.29, 0.717) is 17.9 Å². The lowest BCUT2D eigenvalue weighted by Gasteiger charge is -2.42. The van der Waals surface area contributed by atoms with Crippen LogP contribution in [-0.2, 0) is 9.53 Å². The second kappa shape index (κ2) is 7.85. The number of hydrogen-bond acceptors (Lipinski definition) is 6. The van der Waals surface area contributed by atoms with Crippen LogP contribution < -0.4 is 0 Å². The molecule has 7 atom stereocenters. The summed E-state index contributed by atoms with van der Waals surface area (Å²) in [6, 6.07) is 0. The van der Waals surface area contributed by atoms with E-state index in [1.54, 1.807) is 0 Å².